The lowest BCUT2D eigenvalue weighted by molar-refractivity contribution is 0.302. The van der Waals surface area contributed by atoms with E-state index in [1.165, 1.54) is 12.6 Å². The summed E-state index contributed by atoms with van der Waals surface area (Å²) >= 11 is 5.26. The molecule has 1 aliphatic carbocycles. The summed E-state index contributed by atoms with van der Waals surface area (Å²) < 4.78 is 1.95. The smallest absolute Gasteiger partial charge is 0.264 e. The number of aromatic hydroxyl groups is 1. The molecule has 3 N–H and O–H groups in total. The van der Waals surface area contributed by atoms with Crippen molar-refractivity contribution in [1.82, 2.24) is 19.9 Å². The van der Waals surface area contributed by atoms with Crippen LogP contribution in [0.5, 0.6) is 5.88 Å². The third-order valence-corrected chi connectivity index (χ3v) is 5.11. The average Bonchev–Trinajstić information content (AvgIpc) is 2.61. The van der Waals surface area contributed by atoms with Crippen LogP contribution in [0, 0.1) is 4.77 Å². The van der Waals surface area contributed by atoms with Crippen LogP contribution in [-0.4, -0.2) is 52.0 Å². The Labute approximate surface area is 153 Å². The molecule has 0 unspecified atom stereocenters. The maximum atomic E-state index is 12.1. The van der Waals surface area contributed by atoms with Gasteiger partial charge in [0, 0.05) is 19.1 Å². The van der Waals surface area contributed by atoms with E-state index in [9.17, 15) is 9.90 Å². The summed E-state index contributed by atoms with van der Waals surface area (Å²) in [7, 11) is 0. The molecule has 1 saturated carbocycles. The molecule has 25 heavy (non-hydrogen) atoms. The first-order valence-corrected chi connectivity index (χ1v) is 9.55. The second-order valence-corrected chi connectivity index (χ2v) is 6.74. The summed E-state index contributed by atoms with van der Waals surface area (Å²) in [6.45, 7) is 7.77. The minimum Gasteiger partial charge on any atom is -0.494 e. The number of aromatic nitrogens is 2. The summed E-state index contributed by atoms with van der Waals surface area (Å²) in [5, 5.41) is 14.7. The van der Waals surface area contributed by atoms with Gasteiger partial charge in [-0.2, -0.15) is 5.10 Å². The van der Waals surface area contributed by atoms with Crippen molar-refractivity contribution < 1.29 is 5.11 Å². The second kappa shape index (κ2) is 9.72. The first kappa shape index (κ1) is 19.7. The van der Waals surface area contributed by atoms with Crippen molar-refractivity contribution >= 4 is 18.4 Å². The SMILES string of the molecule is CCN(CC)CCNN=Cc1c(O)n(C2CCCCC2)c(=S)[nH]c1=O. The van der Waals surface area contributed by atoms with E-state index in [0.29, 0.717) is 6.54 Å². The number of likely N-dealkylation sites (N-methyl/N-ethyl adjacent to an activating group) is 1. The summed E-state index contributed by atoms with van der Waals surface area (Å²) in [5.41, 5.74) is 2.66. The van der Waals surface area contributed by atoms with Crippen molar-refractivity contribution in [3.05, 3.63) is 20.7 Å². The highest BCUT2D eigenvalue weighted by molar-refractivity contribution is 7.71. The fourth-order valence-corrected chi connectivity index (χ4v) is 3.60. The van der Waals surface area contributed by atoms with Gasteiger partial charge in [-0.25, -0.2) is 0 Å². The molecule has 1 aliphatic rings. The maximum Gasteiger partial charge on any atom is 0.264 e. The van der Waals surface area contributed by atoms with Crippen molar-refractivity contribution in [2.24, 2.45) is 5.10 Å². The number of nitrogens with zero attached hydrogens (tertiary/aromatic N) is 3. The molecule has 1 aromatic rings. The Morgan fingerprint density at radius 2 is 2.04 bits per heavy atom. The average molecular weight is 368 g/mol. The van der Waals surface area contributed by atoms with Crippen molar-refractivity contribution in [2.45, 2.75) is 52.0 Å². The highest BCUT2D eigenvalue weighted by Crippen LogP contribution is 2.31. The Bertz CT molecular complexity index is 687. The van der Waals surface area contributed by atoms with Gasteiger partial charge in [0.2, 0.25) is 5.88 Å². The minimum absolute atomic E-state index is 0.0880. The quantitative estimate of drug-likeness (QED) is 0.284. The van der Waals surface area contributed by atoms with Crippen LogP contribution in [0.15, 0.2) is 9.90 Å². The fraction of sp³-hybridized carbons (Fsp3) is 0.706. The largest absolute Gasteiger partial charge is 0.494 e. The zero-order chi connectivity index (χ0) is 18.2. The molecule has 1 aromatic heterocycles. The Morgan fingerprint density at radius 1 is 1.36 bits per heavy atom. The molecule has 0 saturated heterocycles. The lowest BCUT2D eigenvalue weighted by Crippen LogP contribution is -2.30. The van der Waals surface area contributed by atoms with Crippen LogP contribution in [0.25, 0.3) is 0 Å². The Kier molecular flexibility index (Phi) is 7.64. The van der Waals surface area contributed by atoms with E-state index in [2.05, 4.69) is 34.3 Å². The van der Waals surface area contributed by atoms with Gasteiger partial charge in [-0.3, -0.25) is 14.3 Å². The highest BCUT2D eigenvalue weighted by atomic mass is 32.1. The molecule has 0 aromatic carbocycles. The van der Waals surface area contributed by atoms with Crippen LogP contribution in [0.4, 0.5) is 0 Å². The molecule has 1 heterocycles. The number of nitrogens with one attached hydrogen (secondary N) is 2. The normalized spacial score (nSPS) is 16.0. The van der Waals surface area contributed by atoms with Crippen LogP contribution in [0.3, 0.4) is 0 Å². The molecule has 7 nitrogen and oxygen atoms in total. The summed E-state index contributed by atoms with van der Waals surface area (Å²) in [5.74, 6) is -0.0880. The molecule has 1 fully saturated rings. The molecular weight excluding hydrogens is 338 g/mol. The zero-order valence-electron chi connectivity index (χ0n) is 15.1. The predicted molar refractivity (Wildman–Crippen MR) is 103 cm³/mol. The van der Waals surface area contributed by atoms with Crippen molar-refractivity contribution in [3.8, 4) is 5.88 Å². The van der Waals surface area contributed by atoms with Gasteiger partial charge in [-0.05, 0) is 38.1 Å². The minimum atomic E-state index is -0.413. The molecule has 2 rings (SSSR count). The maximum absolute atomic E-state index is 12.1. The number of aromatic amines is 1. The molecule has 0 bridgehead atoms. The third kappa shape index (κ3) is 5.15. The number of hydrogen-bond acceptors (Lipinski definition) is 6. The van der Waals surface area contributed by atoms with Gasteiger partial charge >= 0.3 is 0 Å². The van der Waals surface area contributed by atoms with Gasteiger partial charge in [0.05, 0.1) is 6.21 Å². The van der Waals surface area contributed by atoms with Crippen LogP contribution in [-0.2, 0) is 0 Å². The molecule has 8 heteroatoms. The molecule has 0 atom stereocenters. The van der Waals surface area contributed by atoms with Gasteiger partial charge < -0.3 is 15.4 Å². The lowest BCUT2D eigenvalue weighted by Gasteiger charge is -2.25. The van der Waals surface area contributed by atoms with Gasteiger partial charge in [-0.15, -0.1) is 0 Å². The molecule has 140 valence electrons. The number of hydrogen-bond donors (Lipinski definition) is 3. The van der Waals surface area contributed by atoms with Gasteiger partial charge in [0.25, 0.3) is 5.56 Å². The van der Waals surface area contributed by atoms with E-state index in [4.69, 9.17) is 12.2 Å². The Hall–Kier alpha value is -1.67. The van der Waals surface area contributed by atoms with Crippen molar-refractivity contribution in [2.75, 3.05) is 26.2 Å². The van der Waals surface area contributed by atoms with Gasteiger partial charge in [0.1, 0.15) is 5.56 Å². The van der Waals surface area contributed by atoms with Crippen LogP contribution in [0.2, 0.25) is 0 Å². The van der Waals surface area contributed by atoms with E-state index in [1.807, 2.05) is 0 Å². The topological polar surface area (TPSA) is 85.7 Å². The number of H-pyrrole nitrogens is 1. The molecule has 0 aliphatic heterocycles. The third-order valence-electron chi connectivity index (χ3n) is 4.81. The molecular formula is C17H29N5O2S. The fourth-order valence-electron chi connectivity index (χ4n) is 3.27. The van der Waals surface area contributed by atoms with E-state index < -0.39 is 5.56 Å². The van der Waals surface area contributed by atoms with Crippen molar-refractivity contribution in [1.29, 1.82) is 0 Å². The number of hydrazone groups is 1. The van der Waals surface area contributed by atoms with E-state index in [-0.39, 0.29) is 22.3 Å². The highest BCUT2D eigenvalue weighted by Gasteiger charge is 2.21. The molecule has 0 spiro atoms. The molecule has 0 amide bonds. The summed E-state index contributed by atoms with van der Waals surface area (Å²) in [6.07, 6.45) is 6.74. The van der Waals surface area contributed by atoms with E-state index in [1.54, 1.807) is 4.57 Å². The predicted octanol–water partition coefficient (Wildman–Crippen LogP) is 2.38. The number of rotatable bonds is 8. The monoisotopic (exact) mass is 367 g/mol. The summed E-state index contributed by atoms with van der Waals surface area (Å²) in [6, 6.07) is 0.140. The van der Waals surface area contributed by atoms with E-state index in [0.717, 1.165) is 45.3 Å². The van der Waals surface area contributed by atoms with Crippen molar-refractivity contribution in [3.63, 3.8) is 0 Å². The first-order chi connectivity index (χ1) is 12.1. The summed E-state index contributed by atoms with van der Waals surface area (Å²) in [4.78, 5) is 17.1. The van der Waals surface area contributed by atoms with Gasteiger partial charge in [0.15, 0.2) is 4.77 Å². The first-order valence-electron chi connectivity index (χ1n) is 9.14. The van der Waals surface area contributed by atoms with Gasteiger partial charge in [-0.1, -0.05) is 33.1 Å². The second-order valence-electron chi connectivity index (χ2n) is 6.35. The Balaban J connectivity index is 2.11. The Morgan fingerprint density at radius 3 is 2.68 bits per heavy atom. The molecule has 0 radical (unpaired) electrons. The standard InChI is InChI=1S/C17H29N5O2S/c1-3-21(4-2)11-10-18-19-12-14-15(23)20-17(25)22(16(14)24)13-8-6-5-7-9-13/h12-13,18,24H,3-11H2,1-2H3,(H,20,23,25). The van der Waals surface area contributed by atoms with Crippen LogP contribution >= 0.6 is 12.2 Å². The van der Waals surface area contributed by atoms with Crippen LogP contribution < -0.4 is 11.0 Å². The lowest BCUT2D eigenvalue weighted by atomic mass is 9.95. The van der Waals surface area contributed by atoms with E-state index >= 15 is 0 Å². The van der Waals surface area contributed by atoms with Crippen LogP contribution in [0.1, 0.15) is 57.6 Å². The zero-order valence-corrected chi connectivity index (χ0v) is 15.9.